The van der Waals surface area contributed by atoms with Crippen LogP contribution in [-0.4, -0.2) is 67.0 Å². The Hall–Kier alpha value is -2.48. The first kappa shape index (κ1) is 19.5. The maximum Gasteiger partial charge on any atom is 0.191 e. The first-order valence-corrected chi connectivity index (χ1v) is 10.9. The van der Waals surface area contributed by atoms with Crippen LogP contribution in [0.25, 0.3) is 0 Å². The van der Waals surface area contributed by atoms with Crippen LogP contribution in [0.1, 0.15) is 5.56 Å². The van der Waals surface area contributed by atoms with Gasteiger partial charge in [0, 0.05) is 45.2 Å². The third-order valence-corrected chi connectivity index (χ3v) is 6.71. The van der Waals surface area contributed by atoms with Crippen molar-refractivity contribution >= 4 is 28.7 Å². The standard InChI is InChI=1S/C23H27N5OS/c1-29-20-10-6-5-9-19(20)24-22(30)26-25-21-17-13-27-11-12-28(14-17)16-23(21,15-27)18-7-3-2-4-8-18/h2-10,17H,11-16H2,1H3,(H2,24,26,30). The van der Waals surface area contributed by atoms with Gasteiger partial charge in [0.15, 0.2) is 5.11 Å². The van der Waals surface area contributed by atoms with E-state index in [1.165, 1.54) is 11.3 Å². The van der Waals surface area contributed by atoms with Crippen molar-refractivity contribution in [1.29, 1.82) is 0 Å². The van der Waals surface area contributed by atoms with Crippen LogP contribution < -0.4 is 15.5 Å². The zero-order valence-electron chi connectivity index (χ0n) is 17.2. The van der Waals surface area contributed by atoms with E-state index in [1.54, 1.807) is 7.11 Å². The molecule has 2 aromatic rings. The molecule has 6 nitrogen and oxygen atoms in total. The summed E-state index contributed by atoms with van der Waals surface area (Å²) >= 11 is 5.55. The van der Waals surface area contributed by atoms with Crippen LogP contribution in [0.2, 0.25) is 0 Å². The molecule has 4 saturated heterocycles. The smallest absolute Gasteiger partial charge is 0.191 e. The number of rotatable bonds is 4. The second-order valence-corrected chi connectivity index (χ2v) is 8.79. The lowest BCUT2D eigenvalue weighted by Gasteiger charge is -2.50. The number of hydrazone groups is 1. The number of ether oxygens (including phenoxy) is 1. The molecule has 0 radical (unpaired) electrons. The summed E-state index contributed by atoms with van der Waals surface area (Å²) in [6, 6.07) is 18.6. The molecule has 2 aromatic carbocycles. The molecule has 0 aliphatic carbocycles. The van der Waals surface area contributed by atoms with E-state index in [0.717, 1.165) is 50.7 Å². The topological polar surface area (TPSA) is 52.1 Å². The predicted octanol–water partition coefficient (Wildman–Crippen LogP) is 2.54. The Bertz CT molecular complexity index is 947. The fraction of sp³-hybridized carbons (Fsp3) is 0.391. The third kappa shape index (κ3) is 3.47. The minimum absolute atomic E-state index is 0.0913. The molecule has 0 spiro atoms. The molecule has 6 rings (SSSR count). The summed E-state index contributed by atoms with van der Waals surface area (Å²) < 4.78 is 5.41. The molecular weight excluding hydrogens is 394 g/mol. The Morgan fingerprint density at radius 2 is 1.70 bits per heavy atom. The Balaban J connectivity index is 1.43. The lowest BCUT2D eigenvalue weighted by atomic mass is 9.66. The number of para-hydroxylation sites is 2. The van der Waals surface area contributed by atoms with Crippen LogP contribution in [-0.2, 0) is 5.41 Å². The monoisotopic (exact) mass is 421 g/mol. The largest absolute Gasteiger partial charge is 0.495 e. The van der Waals surface area contributed by atoms with E-state index < -0.39 is 0 Å². The Morgan fingerprint density at radius 3 is 2.40 bits per heavy atom. The van der Waals surface area contributed by atoms with Crippen molar-refractivity contribution in [2.24, 2.45) is 11.0 Å². The molecule has 0 aromatic heterocycles. The number of hydrogen-bond donors (Lipinski definition) is 2. The Morgan fingerprint density at radius 1 is 1.03 bits per heavy atom. The van der Waals surface area contributed by atoms with Crippen molar-refractivity contribution in [1.82, 2.24) is 15.2 Å². The number of anilines is 1. The number of benzene rings is 2. The molecule has 4 heterocycles. The number of thiocarbonyl (C=S) groups is 1. The van der Waals surface area contributed by atoms with Crippen molar-refractivity contribution in [3.8, 4) is 5.75 Å². The van der Waals surface area contributed by atoms with E-state index in [-0.39, 0.29) is 5.41 Å². The molecule has 2 unspecified atom stereocenters. The molecule has 4 fully saturated rings. The summed E-state index contributed by atoms with van der Waals surface area (Å²) in [6.45, 7) is 6.43. The number of fused-ring (bicyclic) bond motifs is 1. The summed E-state index contributed by atoms with van der Waals surface area (Å²) in [5.74, 6) is 1.17. The molecule has 4 aliphatic heterocycles. The number of methoxy groups -OCH3 is 1. The number of nitrogens with one attached hydrogen (secondary N) is 2. The third-order valence-electron chi connectivity index (χ3n) is 6.51. The summed E-state index contributed by atoms with van der Waals surface area (Å²) in [7, 11) is 1.66. The van der Waals surface area contributed by atoms with Gasteiger partial charge in [-0.3, -0.25) is 5.43 Å². The molecule has 4 bridgehead atoms. The van der Waals surface area contributed by atoms with Crippen molar-refractivity contribution in [3.05, 3.63) is 60.2 Å². The highest BCUT2D eigenvalue weighted by atomic mass is 32.1. The van der Waals surface area contributed by atoms with Gasteiger partial charge < -0.3 is 19.9 Å². The number of nitrogens with zero attached hydrogens (tertiary/aromatic N) is 3. The first-order chi connectivity index (χ1) is 14.7. The summed E-state index contributed by atoms with van der Waals surface area (Å²) in [4.78, 5) is 5.21. The predicted molar refractivity (Wildman–Crippen MR) is 124 cm³/mol. The van der Waals surface area contributed by atoms with E-state index >= 15 is 0 Å². The lowest BCUT2D eigenvalue weighted by Crippen LogP contribution is -2.64. The van der Waals surface area contributed by atoms with Gasteiger partial charge in [-0.25, -0.2) is 0 Å². The van der Waals surface area contributed by atoms with Gasteiger partial charge in [-0.15, -0.1) is 0 Å². The highest BCUT2D eigenvalue weighted by molar-refractivity contribution is 7.80. The normalized spacial score (nSPS) is 30.7. The molecule has 2 atom stereocenters. The van der Waals surface area contributed by atoms with Gasteiger partial charge in [0.1, 0.15) is 5.75 Å². The van der Waals surface area contributed by atoms with Gasteiger partial charge >= 0.3 is 0 Å². The van der Waals surface area contributed by atoms with E-state index in [1.807, 2.05) is 24.3 Å². The molecule has 0 amide bonds. The fourth-order valence-corrected chi connectivity index (χ4v) is 5.42. The SMILES string of the molecule is COc1ccccc1NC(=S)NN=C1C2CN3CCN(C2)CC1(c1ccccc1)C3. The second-order valence-electron chi connectivity index (χ2n) is 8.38. The highest BCUT2D eigenvalue weighted by Crippen LogP contribution is 2.41. The number of hydrogen-bond acceptors (Lipinski definition) is 5. The minimum Gasteiger partial charge on any atom is -0.495 e. The number of piperidine rings is 2. The average Bonchev–Trinajstić information content (AvgIpc) is 3.02. The fourth-order valence-electron chi connectivity index (χ4n) is 5.27. The highest BCUT2D eigenvalue weighted by Gasteiger charge is 2.53. The van der Waals surface area contributed by atoms with E-state index in [0.29, 0.717) is 11.0 Å². The lowest BCUT2D eigenvalue weighted by molar-refractivity contribution is 0.163. The molecule has 2 N–H and O–H groups in total. The van der Waals surface area contributed by atoms with E-state index in [4.69, 9.17) is 22.1 Å². The maximum absolute atomic E-state index is 5.55. The van der Waals surface area contributed by atoms with E-state index in [9.17, 15) is 0 Å². The Kier molecular flexibility index (Phi) is 5.18. The zero-order chi connectivity index (χ0) is 20.6. The summed E-state index contributed by atoms with van der Waals surface area (Å²) in [5.41, 5.74) is 6.45. The minimum atomic E-state index is -0.0913. The van der Waals surface area contributed by atoms with Gasteiger partial charge in [0.25, 0.3) is 0 Å². The second kappa shape index (κ2) is 7.98. The summed E-state index contributed by atoms with van der Waals surface area (Å²) in [6.07, 6.45) is 0. The van der Waals surface area contributed by atoms with Gasteiger partial charge in [-0.05, 0) is 29.9 Å². The van der Waals surface area contributed by atoms with Crippen molar-refractivity contribution < 1.29 is 4.74 Å². The van der Waals surface area contributed by atoms with Crippen LogP contribution in [0.3, 0.4) is 0 Å². The van der Waals surface area contributed by atoms with E-state index in [2.05, 4.69) is 50.9 Å². The van der Waals surface area contributed by atoms with Crippen molar-refractivity contribution in [2.45, 2.75) is 5.41 Å². The summed E-state index contributed by atoms with van der Waals surface area (Å²) in [5, 5.41) is 8.62. The zero-order valence-corrected chi connectivity index (χ0v) is 18.0. The maximum atomic E-state index is 5.55. The van der Waals surface area contributed by atoms with Crippen LogP contribution in [0, 0.1) is 5.92 Å². The van der Waals surface area contributed by atoms with Gasteiger partial charge in [0.05, 0.1) is 23.9 Å². The Labute approximate surface area is 182 Å². The quantitative estimate of drug-likeness (QED) is 0.585. The van der Waals surface area contributed by atoms with Crippen LogP contribution in [0.5, 0.6) is 5.75 Å². The molecule has 4 aliphatic rings. The van der Waals surface area contributed by atoms with Crippen LogP contribution in [0.4, 0.5) is 5.69 Å². The average molecular weight is 422 g/mol. The van der Waals surface area contributed by atoms with Crippen LogP contribution in [0.15, 0.2) is 59.7 Å². The molecule has 0 saturated carbocycles. The van der Waals surface area contributed by atoms with Crippen molar-refractivity contribution in [3.63, 3.8) is 0 Å². The van der Waals surface area contributed by atoms with Crippen molar-refractivity contribution in [2.75, 3.05) is 51.7 Å². The molecular formula is C23H27N5OS. The van der Waals surface area contributed by atoms with Gasteiger partial charge in [0.2, 0.25) is 0 Å². The molecule has 156 valence electrons. The van der Waals surface area contributed by atoms with Crippen LogP contribution >= 0.6 is 12.2 Å². The first-order valence-electron chi connectivity index (χ1n) is 10.5. The van der Waals surface area contributed by atoms with Gasteiger partial charge in [-0.2, -0.15) is 5.10 Å². The molecule has 7 heteroatoms. The molecule has 30 heavy (non-hydrogen) atoms. The van der Waals surface area contributed by atoms with Gasteiger partial charge in [-0.1, -0.05) is 42.5 Å².